The van der Waals surface area contributed by atoms with Gasteiger partial charge in [-0.25, -0.2) is 0 Å². The molecule has 2 nitrogen and oxygen atoms in total. The summed E-state index contributed by atoms with van der Waals surface area (Å²) in [6.07, 6.45) is 6.37. The van der Waals surface area contributed by atoms with Gasteiger partial charge < -0.3 is 4.74 Å². The van der Waals surface area contributed by atoms with Gasteiger partial charge >= 0.3 is 5.97 Å². The van der Waals surface area contributed by atoms with Gasteiger partial charge in [0.2, 0.25) is 0 Å². The number of carbonyl (C=O) groups excluding carboxylic acids is 1. The molecule has 0 spiro atoms. The van der Waals surface area contributed by atoms with E-state index in [1.54, 1.807) is 0 Å². The zero-order valence-corrected chi connectivity index (χ0v) is 8.84. The van der Waals surface area contributed by atoms with E-state index < -0.39 is 0 Å². The maximum atomic E-state index is 10.7. The van der Waals surface area contributed by atoms with Crippen LogP contribution in [0.2, 0.25) is 0 Å². The third kappa shape index (κ3) is 9.38. The minimum absolute atomic E-state index is 0.191. The van der Waals surface area contributed by atoms with Gasteiger partial charge in [-0.05, 0) is 12.3 Å². The van der Waals surface area contributed by atoms with E-state index in [1.807, 2.05) is 0 Å². The van der Waals surface area contributed by atoms with E-state index in [4.69, 9.17) is 0 Å². The second-order valence-electron chi connectivity index (χ2n) is 3.86. The summed E-state index contributed by atoms with van der Waals surface area (Å²) < 4.78 is 4.31. The topological polar surface area (TPSA) is 26.3 Å². The average molecular weight is 185 g/mol. The lowest BCUT2D eigenvalue weighted by Gasteiger charge is -2.03. The standard InChI is InChI=1S/C11H21O2/c1-10(2)8-6-4-5-7-9-11(12)13-3/h10H,3-9H2,1-2H3. The van der Waals surface area contributed by atoms with E-state index in [2.05, 4.69) is 25.7 Å². The Kier molecular flexibility index (Phi) is 7.76. The fraction of sp³-hybridized carbons (Fsp3) is 0.818. The van der Waals surface area contributed by atoms with E-state index in [1.165, 1.54) is 19.3 Å². The Morgan fingerprint density at radius 2 is 1.85 bits per heavy atom. The minimum atomic E-state index is -0.191. The molecule has 0 fully saturated rings. The molecule has 0 aromatic heterocycles. The number of esters is 1. The normalized spacial score (nSPS) is 10.5. The molecule has 2 heteroatoms. The first-order chi connectivity index (χ1) is 6.16. The SMILES string of the molecule is [CH2]OC(=O)CCCCCCC(C)C. The number of unbranched alkanes of at least 4 members (excludes halogenated alkanes) is 3. The molecule has 77 valence electrons. The summed E-state index contributed by atoms with van der Waals surface area (Å²) in [6.45, 7) is 4.47. The molecule has 0 aliphatic rings. The van der Waals surface area contributed by atoms with Crippen molar-refractivity contribution in [3.05, 3.63) is 7.11 Å². The zero-order valence-electron chi connectivity index (χ0n) is 8.84. The number of rotatable bonds is 7. The van der Waals surface area contributed by atoms with E-state index in [-0.39, 0.29) is 5.97 Å². The van der Waals surface area contributed by atoms with E-state index in [9.17, 15) is 4.79 Å². The van der Waals surface area contributed by atoms with Gasteiger partial charge in [0.15, 0.2) is 0 Å². The van der Waals surface area contributed by atoms with E-state index in [0.717, 1.165) is 18.8 Å². The van der Waals surface area contributed by atoms with Gasteiger partial charge in [-0.1, -0.05) is 39.5 Å². The van der Waals surface area contributed by atoms with Crippen LogP contribution in [0.1, 0.15) is 52.4 Å². The van der Waals surface area contributed by atoms with Crippen molar-refractivity contribution in [2.45, 2.75) is 52.4 Å². The first kappa shape index (κ1) is 12.5. The predicted molar refractivity (Wildman–Crippen MR) is 54.0 cm³/mol. The third-order valence-corrected chi connectivity index (χ3v) is 2.07. The van der Waals surface area contributed by atoms with Crippen LogP contribution >= 0.6 is 0 Å². The molecule has 0 unspecified atom stereocenters. The maximum absolute atomic E-state index is 10.7. The van der Waals surface area contributed by atoms with Crippen molar-refractivity contribution in [1.82, 2.24) is 0 Å². The van der Waals surface area contributed by atoms with Crippen LogP contribution in [0.5, 0.6) is 0 Å². The average Bonchev–Trinajstić information content (AvgIpc) is 2.10. The van der Waals surface area contributed by atoms with Crippen LogP contribution in [0, 0.1) is 13.0 Å². The van der Waals surface area contributed by atoms with Gasteiger partial charge in [0.05, 0.1) is 0 Å². The van der Waals surface area contributed by atoms with Gasteiger partial charge in [-0.15, -0.1) is 0 Å². The van der Waals surface area contributed by atoms with Gasteiger partial charge in [-0.3, -0.25) is 4.79 Å². The molecule has 13 heavy (non-hydrogen) atoms. The number of hydrogen-bond donors (Lipinski definition) is 0. The third-order valence-electron chi connectivity index (χ3n) is 2.07. The second-order valence-corrected chi connectivity index (χ2v) is 3.86. The molecule has 0 rings (SSSR count). The summed E-state index contributed by atoms with van der Waals surface area (Å²) in [7, 11) is 3.07. The second kappa shape index (κ2) is 8.09. The Bertz CT molecular complexity index is 130. The highest BCUT2D eigenvalue weighted by Crippen LogP contribution is 2.10. The number of ether oxygens (including phenoxy) is 1. The number of hydrogen-bond acceptors (Lipinski definition) is 2. The van der Waals surface area contributed by atoms with Crippen LogP contribution in [0.15, 0.2) is 0 Å². The van der Waals surface area contributed by atoms with Crippen molar-refractivity contribution in [1.29, 1.82) is 0 Å². The summed E-state index contributed by atoms with van der Waals surface area (Å²) in [5.74, 6) is 0.605. The molecule has 0 aliphatic carbocycles. The highest BCUT2D eigenvalue weighted by molar-refractivity contribution is 5.69. The molecule has 0 atom stereocenters. The largest absolute Gasteiger partial charge is 0.462 e. The summed E-state index contributed by atoms with van der Waals surface area (Å²) in [5.41, 5.74) is 0. The Labute approximate surface area is 81.7 Å². The summed E-state index contributed by atoms with van der Waals surface area (Å²) >= 11 is 0. The summed E-state index contributed by atoms with van der Waals surface area (Å²) in [6, 6.07) is 0. The van der Waals surface area contributed by atoms with Crippen LogP contribution in [-0.2, 0) is 9.53 Å². The zero-order chi connectivity index (χ0) is 10.1. The Morgan fingerprint density at radius 3 is 2.38 bits per heavy atom. The van der Waals surface area contributed by atoms with Crippen LogP contribution in [-0.4, -0.2) is 5.97 Å². The van der Waals surface area contributed by atoms with Crippen LogP contribution < -0.4 is 0 Å². The van der Waals surface area contributed by atoms with E-state index >= 15 is 0 Å². The van der Waals surface area contributed by atoms with Crippen molar-refractivity contribution in [2.75, 3.05) is 0 Å². The Hall–Kier alpha value is -0.530. The molecule has 0 saturated carbocycles. The van der Waals surface area contributed by atoms with Gasteiger partial charge in [0.1, 0.15) is 7.11 Å². The van der Waals surface area contributed by atoms with Crippen molar-refractivity contribution in [3.8, 4) is 0 Å². The quantitative estimate of drug-likeness (QED) is 0.449. The highest BCUT2D eigenvalue weighted by Gasteiger charge is 1.99. The van der Waals surface area contributed by atoms with Crippen molar-refractivity contribution < 1.29 is 9.53 Å². The van der Waals surface area contributed by atoms with Crippen LogP contribution in [0.4, 0.5) is 0 Å². The molecular weight excluding hydrogens is 164 g/mol. The Morgan fingerprint density at radius 1 is 1.23 bits per heavy atom. The molecule has 1 radical (unpaired) electrons. The lowest BCUT2D eigenvalue weighted by molar-refractivity contribution is -0.138. The molecule has 0 heterocycles. The van der Waals surface area contributed by atoms with Crippen molar-refractivity contribution in [3.63, 3.8) is 0 Å². The van der Waals surface area contributed by atoms with Gasteiger partial charge in [0, 0.05) is 6.42 Å². The Balaban J connectivity index is 3.04. The molecular formula is C11H21O2. The highest BCUT2D eigenvalue weighted by atomic mass is 16.5. The fourth-order valence-corrected chi connectivity index (χ4v) is 1.25. The van der Waals surface area contributed by atoms with Crippen molar-refractivity contribution in [2.24, 2.45) is 5.92 Å². The minimum Gasteiger partial charge on any atom is -0.462 e. The molecule has 0 bridgehead atoms. The smallest absolute Gasteiger partial charge is 0.305 e. The lowest BCUT2D eigenvalue weighted by atomic mass is 10.0. The monoisotopic (exact) mass is 185 g/mol. The lowest BCUT2D eigenvalue weighted by Crippen LogP contribution is -1.97. The number of carbonyl (C=O) groups is 1. The van der Waals surface area contributed by atoms with Crippen LogP contribution in [0.25, 0.3) is 0 Å². The molecule has 0 aromatic rings. The predicted octanol–water partition coefficient (Wildman–Crippen LogP) is 3.32. The van der Waals surface area contributed by atoms with Gasteiger partial charge in [-0.2, -0.15) is 0 Å². The summed E-state index contributed by atoms with van der Waals surface area (Å²) in [5, 5.41) is 0. The first-order valence-corrected chi connectivity index (χ1v) is 5.11. The molecule has 0 aromatic carbocycles. The van der Waals surface area contributed by atoms with E-state index in [0.29, 0.717) is 6.42 Å². The molecule has 0 N–H and O–H groups in total. The summed E-state index contributed by atoms with van der Waals surface area (Å²) in [4.78, 5) is 10.7. The molecule has 0 aliphatic heterocycles. The first-order valence-electron chi connectivity index (χ1n) is 5.11. The molecule has 0 amide bonds. The van der Waals surface area contributed by atoms with Crippen LogP contribution in [0.3, 0.4) is 0 Å². The van der Waals surface area contributed by atoms with Crippen molar-refractivity contribution >= 4 is 5.97 Å². The van der Waals surface area contributed by atoms with Gasteiger partial charge in [0.25, 0.3) is 0 Å². The molecule has 0 saturated heterocycles. The maximum Gasteiger partial charge on any atom is 0.305 e. The fourth-order valence-electron chi connectivity index (χ4n) is 1.25.